The number of rotatable bonds is 4. The van der Waals surface area contributed by atoms with Crippen LogP contribution in [-0.2, 0) is 11.3 Å². The molecule has 1 atom stereocenters. The molecule has 2 aromatic rings. The first kappa shape index (κ1) is 12.3. The molecule has 5 heteroatoms. The fraction of sp³-hybridized carbons (Fsp3) is 0.417. The highest BCUT2D eigenvalue weighted by atomic mass is 35.5. The third-order valence-electron chi connectivity index (χ3n) is 2.61. The minimum Gasteiger partial charge on any atom is -0.383 e. The zero-order valence-corrected chi connectivity index (χ0v) is 10.5. The van der Waals surface area contributed by atoms with Crippen LogP contribution in [0.4, 0.5) is 4.39 Å². The first-order valence-electron chi connectivity index (χ1n) is 5.42. The van der Waals surface area contributed by atoms with Gasteiger partial charge in [0, 0.05) is 13.7 Å². The van der Waals surface area contributed by atoms with Crippen molar-refractivity contribution in [1.29, 1.82) is 0 Å². The Balaban J connectivity index is 2.56. The van der Waals surface area contributed by atoms with E-state index in [0.29, 0.717) is 13.2 Å². The maximum atomic E-state index is 13.2. The molecule has 0 amide bonds. The lowest BCUT2D eigenvalue weighted by molar-refractivity contribution is 0.187. The molecule has 2 rings (SSSR count). The lowest BCUT2D eigenvalue weighted by Gasteiger charge is -2.09. The van der Waals surface area contributed by atoms with Crippen molar-refractivity contribution in [3.8, 4) is 0 Å². The summed E-state index contributed by atoms with van der Waals surface area (Å²) in [6, 6.07) is 4.54. The molecule has 1 unspecified atom stereocenters. The molecule has 0 fully saturated rings. The Morgan fingerprint density at radius 1 is 1.53 bits per heavy atom. The van der Waals surface area contributed by atoms with Crippen molar-refractivity contribution in [2.24, 2.45) is 0 Å². The van der Waals surface area contributed by atoms with E-state index in [1.807, 2.05) is 11.5 Å². The lowest BCUT2D eigenvalue weighted by atomic mass is 10.3. The van der Waals surface area contributed by atoms with Gasteiger partial charge < -0.3 is 9.30 Å². The second kappa shape index (κ2) is 5.02. The SMILES string of the molecule is COCCn1c(C(C)Cl)nc2ccc(F)cc21. The standard InChI is InChI=1S/C12H14ClFN2O/c1-8(13)12-15-10-4-3-9(14)7-11(10)16(12)5-6-17-2/h3-4,7-8H,5-6H2,1-2H3. The summed E-state index contributed by atoms with van der Waals surface area (Å²) in [5.41, 5.74) is 1.51. The molecule has 1 aromatic carbocycles. The summed E-state index contributed by atoms with van der Waals surface area (Å²) in [6.45, 7) is 3.00. The van der Waals surface area contributed by atoms with E-state index in [2.05, 4.69) is 4.98 Å². The number of methoxy groups -OCH3 is 1. The van der Waals surface area contributed by atoms with Crippen molar-refractivity contribution in [3.05, 3.63) is 29.8 Å². The number of nitrogens with zero attached hydrogens (tertiary/aromatic N) is 2. The molecule has 0 saturated carbocycles. The van der Waals surface area contributed by atoms with E-state index in [4.69, 9.17) is 16.3 Å². The smallest absolute Gasteiger partial charge is 0.127 e. The molecule has 1 aromatic heterocycles. The summed E-state index contributed by atoms with van der Waals surface area (Å²) in [4.78, 5) is 4.41. The zero-order valence-electron chi connectivity index (χ0n) is 9.78. The fourth-order valence-corrected chi connectivity index (χ4v) is 2.00. The first-order chi connectivity index (χ1) is 8.13. The highest BCUT2D eigenvalue weighted by Gasteiger charge is 2.14. The zero-order chi connectivity index (χ0) is 12.4. The van der Waals surface area contributed by atoms with Gasteiger partial charge in [-0.1, -0.05) is 0 Å². The van der Waals surface area contributed by atoms with Gasteiger partial charge in [-0.05, 0) is 25.1 Å². The first-order valence-corrected chi connectivity index (χ1v) is 5.86. The Morgan fingerprint density at radius 3 is 2.94 bits per heavy atom. The van der Waals surface area contributed by atoms with Crippen LogP contribution in [0.3, 0.4) is 0 Å². The van der Waals surface area contributed by atoms with Gasteiger partial charge in [-0.2, -0.15) is 0 Å². The molecule has 0 aliphatic heterocycles. The summed E-state index contributed by atoms with van der Waals surface area (Å²) in [5.74, 6) is 0.467. The number of fused-ring (bicyclic) bond motifs is 1. The molecule has 0 N–H and O–H groups in total. The minimum atomic E-state index is -0.273. The van der Waals surface area contributed by atoms with Gasteiger partial charge in [0.25, 0.3) is 0 Å². The second-order valence-electron chi connectivity index (χ2n) is 3.86. The molecule has 92 valence electrons. The molecular weight excluding hydrogens is 243 g/mol. The van der Waals surface area contributed by atoms with E-state index in [-0.39, 0.29) is 11.2 Å². The van der Waals surface area contributed by atoms with Crippen molar-refractivity contribution >= 4 is 22.6 Å². The van der Waals surface area contributed by atoms with Crippen LogP contribution in [0, 0.1) is 5.82 Å². The van der Waals surface area contributed by atoms with Crippen molar-refractivity contribution in [2.75, 3.05) is 13.7 Å². The van der Waals surface area contributed by atoms with Crippen LogP contribution in [0.5, 0.6) is 0 Å². The molecule has 0 bridgehead atoms. The normalized spacial score (nSPS) is 13.2. The van der Waals surface area contributed by atoms with Crippen LogP contribution in [0.2, 0.25) is 0 Å². The number of hydrogen-bond donors (Lipinski definition) is 0. The van der Waals surface area contributed by atoms with Crippen LogP contribution < -0.4 is 0 Å². The highest BCUT2D eigenvalue weighted by Crippen LogP contribution is 2.24. The van der Waals surface area contributed by atoms with Crippen LogP contribution >= 0.6 is 11.6 Å². The lowest BCUT2D eigenvalue weighted by Crippen LogP contribution is -2.08. The molecule has 1 heterocycles. The van der Waals surface area contributed by atoms with E-state index in [0.717, 1.165) is 16.9 Å². The topological polar surface area (TPSA) is 27.1 Å². The molecule has 0 radical (unpaired) electrons. The molecule has 0 aliphatic carbocycles. The van der Waals surface area contributed by atoms with Gasteiger partial charge in [0.1, 0.15) is 11.6 Å². The predicted molar refractivity (Wildman–Crippen MR) is 65.8 cm³/mol. The van der Waals surface area contributed by atoms with Crippen LogP contribution in [0.15, 0.2) is 18.2 Å². The van der Waals surface area contributed by atoms with Gasteiger partial charge in [-0.25, -0.2) is 9.37 Å². The number of alkyl halides is 1. The third kappa shape index (κ3) is 2.42. The minimum absolute atomic E-state index is 0.220. The molecule has 3 nitrogen and oxygen atoms in total. The Bertz CT molecular complexity index is 524. The number of imidazole rings is 1. The van der Waals surface area contributed by atoms with E-state index in [1.54, 1.807) is 13.2 Å². The molecule has 0 aliphatic rings. The Morgan fingerprint density at radius 2 is 2.29 bits per heavy atom. The molecule has 0 saturated heterocycles. The van der Waals surface area contributed by atoms with Crippen molar-refractivity contribution in [2.45, 2.75) is 18.8 Å². The number of benzene rings is 1. The molecular formula is C12H14ClFN2O. The summed E-state index contributed by atoms with van der Waals surface area (Å²) in [6.07, 6.45) is 0. The van der Waals surface area contributed by atoms with E-state index >= 15 is 0 Å². The Labute approximate surface area is 104 Å². The average molecular weight is 257 g/mol. The number of aromatic nitrogens is 2. The quantitative estimate of drug-likeness (QED) is 0.786. The molecule has 17 heavy (non-hydrogen) atoms. The van der Waals surface area contributed by atoms with Crippen molar-refractivity contribution < 1.29 is 9.13 Å². The number of ether oxygens (including phenoxy) is 1. The Hall–Kier alpha value is -1.13. The number of halogens is 2. The number of hydrogen-bond acceptors (Lipinski definition) is 2. The average Bonchev–Trinajstić information content (AvgIpc) is 2.64. The van der Waals surface area contributed by atoms with Gasteiger partial charge in [0.2, 0.25) is 0 Å². The second-order valence-corrected chi connectivity index (χ2v) is 4.52. The van der Waals surface area contributed by atoms with Crippen molar-refractivity contribution in [3.63, 3.8) is 0 Å². The monoisotopic (exact) mass is 256 g/mol. The van der Waals surface area contributed by atoms with Gasteiger partial charge in [0.15, 0.2) is 0 Å². The summed E-state index contributed by atoms with van der Waals surface area (Å²) >= 11 is 6.08. The Kier molecular flexibility index (Phi) is 3.64. The summed E-state index contributed by atoms with van der Waals surface area (Å²) < 4.78 is 20.2. The highest BCUT2D eigenvalue weighted by molar-refractivity contribution is 6.20. The van der Waals surface area contributed by atoms with E-state index < -0.39 is 0 Å². The largest absolute Gasteiger partial charge is 0.383 e. The maximum absolute atomic E-state index is 13.2. The third-order valence-corrected chi connectivity index (χ3v) is 2.81. The van der Waals surface area contributed by atoms with Crippen molar-refractivity contribution in [1.82, 2.24) is 9.55 Å². The van der Waals surface area contributed by atoms with Crippen LogP contribution in [-0.4, -0.2) is 23.3 Å². The fourth-order valence-electron chi connectivity index (χ4n) is 1.84. The van der Waals surface area contributed by atoms with Gasteiger partial charge in [0.05, 0.1) is 23.0 Å². The van der Waals surface area contributed by atoms with E-state index in [1.165, 1.54) is 12.1 Å². The summed E-state index contributed by atoms with van der Waals surface area (Å²) in [7, 11) is 1.63. The van der Waals surface area contributed by atoms with Gasteiger partial charge in [-0.3, -0.25) is 0 Å². The van der Waals surface area contributed by atoms with Crippen LogP contribution in [0.1, 0.15) is 18.1 Å². The molecule has 0 spiro atoms. The van der Waals surface area contributed by atoms with Crippen LogP contribution in [0.25, 0.3) is 11.0 Å². The maximum Gasteiger partial charge on any atom is 0.127 e. The van der Waals surface area contributed by atoms with Gasteiger partial charge >= 0.3 is 0 Å². The summed E-state index contributed by atoms with van der Waals surface area (Å²) in [5, 5.41) is -0.220. The van der Waals surface area contributed by atoms with Gasteiger partial charge in [-0.15, -0.1) is 11.6 Å². The van der Waals surface area contributed by atoms with E-state index in [9.17, 15) is 4.39 Å². The predicted octanol–water partition coefficient (Wildman–Crippen LogP) is 3.12.